The zero-order valence-corrected chi connectivity index (χ0v) is 23.0. The maximum absolute atomic E-state index is 13.0. The van der Waals surface area contributed by atoms with Crippen LogP contribution >= 0.6 is 0 Å². The number of ether oxygens (including phenoxy) is 1. The lowest BCUT2D eigenvalue weighted by molar-refractivity contribution is -0.297. The number of rotatable bonds is 4. The predicted octanol–water partition coefficient (Wildman–Crippen LogP) is 5.50. The van der Waals surface area contributed by atoms with Crippen LogP contribution < -0.4 is 0 Å². The molecule has 9 atom stereocenters. The Labute approximate surface area is 215 Å². The van der Waals surface area contributed by atoms with Gasteiger partial charge in [-0.3, -0.25) is 14.8 Å². The molecule has 0 aromatic heterocycles. The second-order valence-electron chi connectivity index (χ2n) is 14.2. The summed E-state index contributed by atoms with van der Waals surface area (Å²) in [5.41, 5.74) is -0.447. The summed E-state index contributed by atoms with van der Waals surface area (Å²) in [6.07, 6.45) is 9.81. The van der Waals surface area contributed by atoms with E-state index in [1.165, 1.54) is 5.57 Å². The first-order valence-corrected chi connectivity index (χ1v) is 13.8. The molecule has 0 unspecified atom stereocenters. The predicted molar refractivity (Wildman–Crippen MR) is 136 cm³/mol. The van der Waals surface area contributed by atoms with Crippen molar-refractivity contribution in [2.75, 3.05) is 0 Å². The van der Waals surface area contributed by atoms with E-state index in [-0.39, 0.29) is 51.9 Å². The van der Waals surface area contributed by atoms with Gasteiger partial charge in [-0.25, -0.2) is 4.89 Å². The average molecular weight is 501 g/mol. The van der Waals surface area contributed by atoms with E-state index in [1.807, 2.05) is 19.9 Å². The second kappa shape index (κ2) is 8.00. The normalized spacial score (nSPS) is 47.6. The van der Waals surface area contributed by atoms with Crippen molar-refractivity contribution in [1.29, 1.82) is 0 Å². The Kier molecular flexibility index (Phi) is 5.81. The van der Waals surface area contributed by atoms with Crippen LogP contribution in [0.1, 0.15) is 87.0 Å². The van der Waals surface area contributed by atoms with E-state index < -0.39 is 17.1 Å². The monoisotopic (exact) mass is 500 g/mol. The molecule has 200 valence electrons. The molecule has 5 aliphatic rings. The molecule has 6 nitrogen and oxygen atoms in total. The van der Waals surface area contributed by atoms with Gasteiger partial charge in [-0.2, -0.15) is 0 Å². The molecule has 0 radical (unpaired) electrons. The van der Waals surface area contributed by atoms with Crippen LogP contribution in [0.4, 0.5) is 0 Å². The van der Waals surface area contributed by atoms with Gasteiger partial charge in [0, 0.05) is 23.7 Å². The first kappa shape index (κ1) is 26.1. The van der Waals surface area contributed by atoms with E-state index >= 15 is 0 Å². The third kappa shape index (κ3) is 3.32. The Morgan fingerprint density at radius 3 is 2.53 bits per heavy atom. The first-order chi connectivity index (χ1) is 16.6. The molecule has 4 fully saturated rings. The van der Waals surface area contributed by atoms with E-state index in [1.54, 1.807) is 19.9 Å². The van der Waals surface area contributed by atoms with Gasteiger partial charge in [-0.1, -0.05) is 58.4 Å². The molecule has 0 aromatic carbocycles. The topological polar surface area (TPSA) is 93.1 Å². The number of aliphatic hydroxyl groups is 1. The molecular formula is C30H44O6. The van der Waals surface area contributed by atoms with Gasteiger partial charge in [0.15, 0.2) is 0 Å². The van der Waals surface area contributed by atoms with Crippen molar-refractivity contribution in [3.63, 3.8) is 0 Å². The summed E-state index contributed by atoms with van der Waals surface area (Å²) in [4.78, 5) is 30.4. The molecule has 2 N–H and O–H groups in total. The Balaban J connectivity index is 1.50. The molecule has 5 rings (SSSR count). The highest BCUT2D eigenvalue weighted by molar-refractivity contribution is 5.85. The van der Waals surface area contributed by atoms with E-state index in [2.05, 4.69) is 31.7 Å². The number of aliphatic hydroxyl groups excluding tert-OH is 1. The number of hydrogen-bond acceptors (Lipinski definition) is 6. The fourth-order valence-corrected chi connectivity index (χ4v) is 9.72. The molecule has 6 heteroatoms. The smallest absolute Gasteiger partial charge is 0.309 e. The van der Waals surface area contributed by atoms with Gasteiger partial charge in [-0.05, 0) is 68.1 Å². The average Bonchev–Trinajstić information content (AvgIpc) is 3.20. The van der Waals surface area contributed by atoms with Crippen molar-refractivity contribution in [2.45, 2.75) is 105 Å². The van der Waals surface area contributed by atoms with Crippen molar-refractivity contribution in [3.05, 3.63) is 23.8 Å². The van der Waals surface area contributed by atoms with E-state index in [0.717, 1.165) is 25.7 Å². The third-order valence-electron chi connectivity index (χ3n) is 11.7. The Bertz CT molecular complexity index is 1020. The van der Waals surface area contributed by atoms with Crippen LogP contribution in [0.2, 0.25) is 0 Å². The van der Waals surface area contributed by atoms with Crippen LogP contribution in [-0.2, 0) is 19.2 Å². The number of esters is 1. The number of fused-ring (bicyclic) bond motifs is 7. The van der Waals surface area contributed by atoms with Gasteiger partial charge in [0.2, 0.25) is 0 Å². The minimum Gasteiger partial charge on any atom is -0.462 e. The summed E-state index contributed by atoms with van der Waals surface area (Å²) in [6, 6.07) is 0. The zero-order chi connectivity index (χ0) is 26.5. The number of Topliss-reactive ketones (excluding diaryl/α,β-unsaturated/α-hetero) is 1. The number of allylic oxidation sites excluding steroid dienone is 2. The van der Waals surface area contributed by atoms with Crippen LogP contribution in [0.25, 0.3) is 0 Å². The van der Waals surface area contributed by atoms with Crippen LogP contribution in [-0.4, -0.2) is 39.9 Å². The SMILES string of the molecule is CC(C)(/C=C/C[C@H]1C(=O)O[C@H]2C[C@]3(C)C4=C[C@@H](O)[C@H]5C(C)(C)C(=O)CC[C@]5(C)[C@H]4CC[C@@]3(C)[C@@H]21)OO. The Hall–Kier alpha value is -1.50. The Morgan fingerprint density at radius 1 is 1.17 bits per heavy atom. The number of hydrogen-bond donors (Lipinski definition) is 2. The van der Waals surface area contributed by atoms with Crippen LogP contribution in [0.5, 0.6) is 0 Å². The maximum atomic E-state index is 13.0. The van der Waals surface area contributed by atoms with Gasteiger partial charge in [0.25, 0.3) is 0 Å². The maximum Gasteiger partial charge on any atom is 0.309 e. The van der Waals surface area contributed by atoms with Gasteiger partial charge in [-0.15, -0.1) is 0 Å². The third-order valence-corrected chi connectivity index (χ3v) is 11.7. The fourth-order valence-electron chi connectivity index (χ4n) is 9.72. The number of ketones is 1. The molecular weight excluding hydrogens is 456 g/mol. The van der Waals surface area contributed by atoms with Gasteiger partial charge < -0.3 is 9.84 Å². The van der Waals surface area contributed by atoms with Crippen LogP contribution in [0.3, 0.4) is 0 Å². The van der Waals surface area contributed by atoms with Gasteiger partial charge in [0.1, 0.15) is 17.5 Å². The molecule has 4 aliphatic carbocycles. The summed E-state index contributed by atoms with van der Waals surface area (Å²) in [5.74, 6) is 0.258. The van der Waals surface area contributed by atoms with E-state index in [4.69, 9.17) is 9.99 Å². The molecule has 0 amide bonds. The second-order valence-corrected chi connectivity index (χ2v) is 14.2. The molecule has 1 aliphatic heterocycles. The summed E-state index contributed by atoms with van der Waals surface area (Å²) >= 11 is 0. The molecule has 1 heterocycles. The zero-order valence-electron chi connectivity index (χ0n) is 23.0. The number of carbonyl (C=O) groups excluding carboxylic acids is 2. The van der Waals surface area contributed by atoms with Crippen molar-refractivity contribution < 1.29 is 29.6 Å². The summed E-state index contributed by atoms with van der Waals surface area (Å²) in [6.45, 7) is 14.6. The first-order valence-electron chi connectivity index (χ1n) is 13.8. The minimum absolute atomic E-state index is 0.0818. The largest absolute Gasteiger partial charge is 0.462 e. The molecule has 3 saturated carbocycles. The van der Waals surface area contributed by atoms with E-state index in [0.29, 0.717) is 18.8 Å². The van der Waals surface area contributed by atoms with Gasteiger partial charge >= 0.3 is 5.97 Å². The number of carbonyl (C=O) groups is 2. The molecule has 1 saturated heterocycles. The van der Waals surface area contributed by atoms with Crippen molar-refractivity contribution in [3.8, 4) is 0 Å². The standard InChI is InChI=1S/C30H44O6/c1-26(2,36-34)12-8-9-17-23-21(35-25(17)33)16-30(7)19-15-20(31)24-27(3,4)22(32)11-13-28(24,5)18(19)10-14-29(23,30)6/h8,12,15,17-18,20-21,23-24,31,34H,9-11,13-14,16H2,1-7H3/b12-8+/t17-,18+,20-,21+,23-,24+,28-,29+,30-/m1/s1. The molecule has 0 bridgehead atoms. The molecule has 0 spiro atoms. The van der Waals surface area contributed by atoms with Crippen LogP contribution in [0.15, 0.2) is 23.8 Å². The summed E-state index contributed by atoms with van der Waals surface area (Å²) in [7, 11) is 0. The fraction of sp³-hybridized carbons (Fsp3) is 0.800. The lowest BCUT2D eigenvalue weighted by Crippen LogP contribution is -2.61. The van der Waals surface area contributed by atoms with Gasteiger partial charge in [0.05, 0.1) is 12.0 Å². The molecule has 36 heavy (non-hydrogen) atoms. The summed E-state index contributed by atoms with van der Waals surface area (Å²) < 4.78 is 6.03. The lowest BCUT2D eigenvalue weighted by atomic mass is 9.40. The van der Waals surface area contributed by atoms with E-state index in [9.17, 15) is 14.7 Å². The summed E-state index contributed by atoms with van der Waals surface area (Å²) in [5, 5.41) is 20.6. The molecule has 0 aromatic rings. The van der Waals surface area contributed by atoms with Crippen molar-refractivity contribution >= 4 is 11.8 Å². The van der Waals surface area contributed by atoms with Crippen molar-refractivity contribution in [2.24, 2.45) is 45.3 Å². The minimum atomic E-state index is -0.807. The van der Waals surface area contributed by atoms with Crippen LogP contribution in [0, 0.1) is 45.3 Å². The highest BCUT2D eigenvalue weighted by Crippen LogP contribution is 2.74. The Morgan fingerprint density at radius 2 is 1.86 bits per heavy atom. The van der Waals surface area contributed by atoms with Crippen molar-refractivity contribution in [1.82, 2.24) is 0 Å². The lowest BCUT2D eigenvalue weighted by Gasteiger charge is -2.63. The highest BCUT2D eigenvalue weighted by atomic mass is 17.1. The highest BCUT2D eigenvalue weighted by Gasteiger charge is 2.71. The quantitative estimate of drug-likeness (QED) is 0.229.